The topological polar surface area (TPSA) is 65.2 Å². The fourth-order valence-electron chi connectivity index (χ4n) is 1.49. The molecule has 0 saturated carbocycles. The Hall–Kier alpha value is -1.62. The van der Waals surface area contributed by atoms with Gasteiger partial charge in [0.25, 0.3) is 0 Å². The van der Waals surface area contributed by atoms with E-state index in [1.54, 1.807) is 24.4 Å². The largest absolute Gasteiger partial charge is 0.464 e. The number of carbonyl (C=O) groups excluding carboxylic acids is 1. The van der Waals surface area contributed by atoms with Crippen molar-refractivity contribution >= 4 is 38.4 Å². The second-order valence-electron chi connectivity index (χ2n) is 3.25. The Bertz CT molecular complexity index is 569. The molecule has 1 aromatic carbocycles. The number of anilines is 1. The van der Waals surface area contributed by atoms with Gasteiger partial charge in [-0.15, -0.1) is 0 Å². The first-order chi connectivity index (χ1) is 7.63. The van der Waals surface area contributed by atoms with Gasteiger partial charge in [-0.2, -0.15) is 0 Å². The number of esters is 1. The van der Waals surface area contributed by atoms with Gasteiger partial charge in [-0.05, 0) is 34.1 Å². The number of fused-ring (bicyclic) bond motifs is 1. The molecule has 1 heterocycles. The second-order valence-corrected chi connectivity index (χ2v) is 4.11. The first-order valence-electron chi connectivity index (χ1n) is 4.55. The lowest BCUT2D eigenvalue weighted by atomic mass is 10.1. The molecule has 5 heteroatoms. The summed E-state index contributed by atoms with van der Waals surface area (Å²) in [7, 11) is 1.33. The van der Waals surface area contributed by atoms with Crippen molar-refractivity contribution in [2.45, 2.75) is 0 Å². The predicted octanol–water partition coefficient (Wildman–Crippen LogP) is 2.37. The van der Waals surface area contributed by atoms with Crippen LogP contribution >= 0.6 is 15.9 Å². The monoisotopic (exact) mass is 280 g/mol. The van der Waals surface area contributed by atoms with Crippen LogP contribution in [0.5, 0.6) is 0 Å². The predicted molar refractivity (Wildman–Crippen MR) is 65.2 cm³/mol. The van der Waals surface area contributed by atoms with Crippen LogP contribution < -0.4 is 5.73 Å². The van der Waals surface area contributed by atoms with Crippen LogP contribution in [-0.4, -0.2) is 18.1 Å². The van der Waals surface area contributed by atoms with Crippen LogP contribution in [0.1, 0.15) is 10.5 Å². The minimum Gasteiger partial charge on any atom is -0.464 e. The molecule has 0 aliphatic rings. The smallest absolute Gasteiger partial charge is 0.357 e. The third-order valence-electron chi connectivity index (χ3n) is 2.24. The molecule has 0 spiro atoms. The van der Waals surface area contributed by atoms with Gasteiger partial charge < -0.3 is 10.5 Å². The molecule has 0 radical (unpaired) electrons. The number of carbonyl (C=O) groups is 1. The number of rotatable bonds is 1. The van der Waals surface area contributed by atoms with Crippen LogP contribution in [0, 0.1) is 0 Å². The van der Waals surface area contributed by atoms with E-state index in [2.05, 4.69) is 25.7 Å². The summed E-state index contributed by atoms with van der Waals surface area (Å²) in [5.74, 6) is -0.456. The minimum absolute atomic E-state index is 0.292. The van der Waals surface area contributed by atoms with Crippen LogP contribution in [0.2, 0.25) is 0 Å². The van der Waals surface area contributed by atoms with E-state index in [4.69, 9.17) is 5.73 Å². The number of nitrogens with zero attached hydrogens (tertiary/aromatic N) is 1. The van der Waals surface area contributed by atoms with Gasteiger partial charge in [-0.1, -0.05) is 0 Å². The zero-order valence-electron chi connectivity index (χ0n) is 8.53. The van der Waals surface area contributed by atoms with E-state index in [-0.39, 0.29) is 0 Å². The average molecular weight is 281 g/mol. The molecule has 1 aromatic heterocycles. The number of aromatic nitrogens is 1. The van der Waals surface area contributed by atoms with E-state index >= 15 is 0 Å². The van der Waals surface area contributed by atoms with Gasteiger partial charge in [0.2, 0.25) is 0 Å². The van der Waals surface area contributed by atoms with Crippen molar-refractivity contribution < 1.29 is 9.53 Å². The maximum absolute atomic E-state index is 11.5. The van der Waals surface area contributed by atoms with Gasteiger partial charge in [0, 0.05) is 27.1 Å². The third-order valence-corrected chi connectivity index (χ3v) is 2.87. The van der Waals surface area contributed by atoms with Crippen LogP contribution in [0.3, 0.4) is 0 Å². The zero-order chi connectivity index (χ0) is 11.7. The molecule has 0 fully saturated rings. The summed E-state index contributed by atoms with van der Waals surface area (Å²) >= 11 is 3.37. The van der Waals surface area contributed by atoms with Crippen molar-refractivity contribution in [1.82, 2.24) is 4.98 Å². The normalized spacial score (nSPS) is 10.4. The average Bonchev–Trinajstić information content (AvgIpc) is 2.29. The van der Waals surface area contributed by atoms with E-state index in [9.17, 15) is 4.79 Å². The summed E-state index contributed by atoms with van der Waals surface area (Å²) in [4.78, 5) is 15.5. The highest BCUT2D eigenvalue weighted by atomic mass is 79.9. The lowest BCUT2D eigenvalue weighted by Gasteiger charge is -2.06. The molecule has 0 aliphatic heterocycles. The maximum atomic E-state index is 11.5. The van der Waals surface area contributed by atoms with Gasteiger partial charge in [0.15, 0.2) is 5.69 Å². The lowest BCUT2D eigenvalue weighted by Crippen LogP contribution is -2.05. The number of hydrogen-bond acceptors (Lipinski definition) is 4. The summed E-state index contributed by atoms with van der Waals surface area (Å²) in [6, 6.07) is 5.27. The highest BCUT2D eigenvalue weighted by Crippen LogP contribution is 2.27. The molecular weight excluding hydrogens is 272 g/mol. The van der Waals surface area contributed by atoms with Crippen LogP contribution in [0.25, 0.3) is 10.8 Å². The molecule has 4 nitrogen and oxygen atoms in total. The Balaban J connectivity index is 2.79. The molecule has 0 amide bonds. The molecular formula is C11H9BrN2O2. The highest BCUT2D eigenvalue weighted by Gasteiger charge is 2.13. The molecule has 82 valence electrons. The molecule has 2 N–H and O–H groups in total. The van der Waals surface area contributed by atoms with Crippen molar-refractivity contribution in [3.05, 3.63) is 34.6 Å². The van der Waals surface area contributed by atoms with Crippen molar-refractivity contribution in [2.24, 2.45) is 0 Å². The molecule has 0 bridgehead atoms. The molecule has 0 saturated heterocycles. The molecule has 0 atom stereocenters. The number of pyridine rings is 1. The Kier molecular flexibility index (Phi) is 2.78. The number of nitrogen functional groups attached to an aromatic ring is 1. The molecule has 2 aromatic rings. The van der Waals surface area contributed by atoms with Crippen molar-refractivity contribution in [3.8, 4) is 0 Å². The lowest BCUT2D eigenvalue weighted by molar-refractivity contribution is 0.0596. The Morgan fingerprint density at radius 1 is 1.44 bits per heavy atom. The number of methoxy groups -OCH3 is 1. The maximum Gasteiger partial charge on any atom is 0.357 e. The summed E-state index contributed by atoms with van der Waals surface area (Å²) in [6.07, 6.45) is 1.56. The van der Waals surface area contributed by atoms with Crippen molar-refractivity contribution in [2.75, 3.05) is 12.8 Å². The highest BCUT2D eigenvalue weighted by molar-refractivity contribution is 9.10. The van der Waals surface area contributed by atoms with Crippen LogP contribution in [0.4, 0.5) is 5.69 Å². The van der Waals surface area contributed by atoms with Crippen LogP contribution in [-0.2, 0) is 4.74 Å². The number of nitrogens with two attached hydrogens (primary N) is 1. The third kappa shape index (κ3) is 1.74. The van der Waals surface area contributed by atoms with Gasteiger partial charge in [0.05, 0.1) is 7.11 Å². The number of ether oxygens (including phenoxy) is 1. The summed E-state index contributed by atoms with van der Waals surface area (Å²) in [5.41, 5.74) is 6.62. The molecule has 16 heavy (non-hydrogen) atoms. The summed E-state index contributed by atoms with van der Waals surface area (Å²) in [5, 5.41) is 1.56. The van der Waals surface area contributed by atoms with Gasteiger partial charge in [0.1, 0.15) is 0 Å². The van der Waals surface area contributed by atoms with Gasteiger partial charge in [-0.25, -0.2) is 9.78 Å². The molecule has 2 rings (SSSR count). The summed E-state index contributed by atoms with van der Waals surface area (Å²) < 4.78 is 5.46. The Morgan fingerprint density at radius 3 is 2.88 bits per heavy atom. The Labute approximate surface area is 101 Å². The zero-order valence-corrected chi connectivity index (χ0v) is 10.1. The van der Waals surface area contributed by atoms with Crippen molar-refractivity contribution in [1.29, 1.82) is 0 Å². The van der Waals surface area contributed by atoms with Gasteiger partial charge in [-0.3, -0.25) is 0 Å². The first-order valence-corrected chi connectivity index (χ1v) is 5.35. The standard InChI is InChI=1S/C11H9BrN2O2/c1-16-11(15)10-7-3-2-6(13)4-8(7)9(12)5-14-10/h2-5H,13H2,1H3. The SMILES string of the molecule is COC(=O)c1ncc(Br)c2cc(N)ccc12. The van der Waals surface area contributed by atoms with E-state index in [1.165, 1.54) is 7.11 Å². The van der Waals surface area contributed by atoms with E-state index in [0.717, 1.165) is 15.2 Å². The Morgan fingerprint density at radius 2 is 2.19 bits per heavy atom. The number of halogens is 1. The number of benzene rings is 1. The molecule has 0 aliphatic carbocycles. The quantitative estimate of drug-likeness (QED) is 0.643. The van der Waals surface area contributed by atoms with Crippen LogP contribution in [0.15, 0.2) is 28.9 Å². The second kappa shape index (κ2) is 4.09. The summed E-state index contributed by atoms with van der Waals surface area (Å²) in [6.45, 7) is 0. The first kappa shape index (κ1) is 10.9. The van der Waals surface area contributed by atoms with E-state index < -0.39 is 5.97 Å². The fourth-order valence-corrected chi connectivity index (χ4v) is 1.92. The minimum atomic E-state index is -0.456. The fraction of sp³-hybridized carbons (Fsp3) is 0.0909. The number of hydrogen-bond donors (Lipinski definition) is 1. The van der Waals surface area contributed by atoms with Crippen molar-refractivity contribution in [3.63, 3.8) is 0 Å². The van der Waals surface area contributed by atoms with Gasteiger partial charge >= 0.3 is 5.97 Å². The molecule has 0 unspecified atom stereocenters. The van der Waals surface area contributed by atoms with E-state index in [0.29, 0.717) is 11.4 Å². The van der Waals surface area contributed by atoms with E-state index in [1.807, 2.05) is 0 Å².